The zero-order valence-corrected chi connectivity index (χ0v) is 13.1. The number of halogens is 1. The first-order chi connectivity index (χ1) is 10.6. The Kier molecular flexibility index (Phi) is 2.94. The number of aryl methyl sites for hydroxylation is 2. The van der Waals surface area contributed by atoms with E-state index in [9.17, 15) is 4.39 Å². The minimum Gasteiger partial charge on any atom is -0.232 e. The lowest BCUT2D eigenvalue weighted by Crippen LogP contribution is -2.31. The first-order valence-corrected chi connectivity index (χ1v) is 7.89. The Labute approximate surface area is 131 Å². The molecule has 2 aromatic heterocycles. The van der Waals surface area contributed by atoms with Crippen molar-refractivity contribution in [3.63, 3.8) is 0 Å². The zero-order valence-electron chi connectivity index (χ0n) is 12.3. The van der Waals surface area contributed by atoms with Crippen molar-refractivity contribution in [1.29, 1.82) is 0 Å². The molecule has 4 rings (SSSR count). The predicted molar refractivity (Wildman–Crippen MR) is 88.4 cm³/mol. The van der Waals surface area contributed by atoms with E-state index in [0.717, 1.165) is 31.7 Å². The van der Waals surface area contributed by atoms with E-state index in [1.54, 1.807) is 17.4 Å². The lowest BCUT2D eigenvalue weighted by molar-refractivity contribution is -0.661. The normalized spacial score (nSPS) is 11.4. The molecule has 0 N–H and O–H groups in total. The summed E-state index contributed by atoms with van der Waals surface area (Å²) in [7, 11) is 2.00. The second-order valence-corrected chi connectivity index (χ2v) is 6.53. The van der Waals surface area contributed by atoms with Crippen LogP contribution in [0, 0.1) is 12.7 Å². The highest BCUT2D eigenvalue weighted by Gasteiger charge is 2.20. The number of benzene rings is 2. The summed E-state index contributed by atoms with van der Waals surface area (Å²) in [6.07, 6.45) is 2.08. The number of rotatable bonds is 1. The summed E-state index contributed by atoms with van der Waals surface area (Å²) in [5.74, 6) is 0.720. The number of nitrogens with zero attached hydrogens (tertiary/aromatic N) is 2. The lowest BCUT2D eigenvalue weighted by atomic mass is 10.1. The van der Waals surface area contributed by atoms with Gasteiger partial charge in [-0.05, 0) is 41.7 Å². The molecule has 0 fully saturated rings. The molecule has 0 radical (unpaired) electrons. The van der Waals surface area contributed by atoms with Crippen LogP contribution in [-0.4, -0.2) is 4.98 Å². The summed E-state index contributed by atoms with van der Waals surface area (Å²) in [6.45, 7) is 2.09. The molecule has 2 heterocycles. The third-order valence-corrected chi connectivity index (χ3v) is 4.98. The minimum atomic E-state index is -0.206. The van der Waals surface area contributed by atoms with Gasteiger partial charge in [-0.3, -0.25) is 0 Å². The van der Waals surface area contributed by atoms with Gasteiger partial charge in [0.2, 0.25) is 5.52 Å². The second kappa shape index (κ2) is 4.85. The number of thiophene rings is 1. The van der Waals surface area contributed by atoms with Crippen LogP contribution in [0.1, 0.15) is 5.56 Å². The molecule has 0 unspecified atom stereocenters. The van der Waals surface area contributed by atoms with E-state index in [4.69, 9.17) is 4.98 Å². The van der Waals surface area contributed by atoms with Gasteiger partial charge in [-0.1, -0.05) is 18.2 Å². The quantitative estimate of drug-likeness (QED) is 0.477. The third kappa shape index (κ3) is 1.99. The topological polar surface area (TPSA) is 16.8 Å². The molecule has 0 bridgehead atoms. The predicted octanol–water partition coefficient (Wildman–Crippen LogP) is 4.39. The van der Waals surface area contributed by atoms with Gasteiger partial charge in [0, 0.05) is 10.1 Å². The molecule has 0 aliphatic carbocycles. The Bertz CT molecular complexity index is 1020. The maximum atomic E-state index is 13.4. The minimum absolute atomic E-state index is 0.206. The fourth-order valence-electron chi connectivity index (χ4n) is 2.77. The zero-order chi connectivity index (χ0) is 15.3. The van der Waals surface area contributed by atoms with E-state index in [-0.39, 0.29) is 5.82 Å². The molecule has 2 nitrogen and oxygen atoms in total. The van der Waals surface area contributed by atoms with Gasteiger partial charge in [0.15, 0.2) is 0 Å². The van der Waals surface area contributed by atoms with Crippen molar-refractivity contribution in [1.82, 2.24) is 4.98 Å². The van der Waals surface area contributed by atoms with Crippen molar-refractivity contribution in [2.24, 2.45) is 7.05 Å². The van der Waals surface area contributed by atoms with Crippen LogP contribution in [0.25, 0.3) is 31.7 Å². The third-order valence-electron chi connectivity index (χ3n) is 3.90. The van der Waals surface area contributed by atoms with Gasteiger partial charge in [0.05, 0.1) is 12.6 Å². The maximum Gasteiger partial charge on any atom is 0.331 e. The van der Waals surface area contributed by atoms with Gasteiger partial charge < -0.3 is 0 Å². The molecule has 4 heteroatoms. The van der Waals surface area contributed by atoms with Crippen molar-refractivity contribution in [2.45, 2.75) is 6.92 Å². The van der Waals surface area contributed by atoms with E-state index in [2.05, 4.69) is 25.3 Å². The Hall–Kier alpha value is -2.33. The number of fused-ring (bicyclic) bond motifs is 3. The summed E-state index contributed by atoms with van der Waals surface area (Å²) in [5.41, 5.74) is 3.25. The van der Waals surface area contributed by atoms with E-state index in [0.29, 0.717) is 0 Å². The molecule has 0 aliphatic heterocycles. The van der Waals surface area contributed by atoms with Gasteiger partial charge in [-0.15, -0.1) is 11.3 Å². The molecule has 0 amide bonds. The molecule has 22 heavy (non-hydrogen) atoms. The molecule has 0 saturated carbocycles. The van der Waals surface area contributed by atoms with Crippen LogP contribution in [0.3, 0.4) is 0 Å². The molecular formula is C18H14FN2S+. The highest BCUT2D eigenvalue weighted by atomic mass is 32.1. The number of hydrogen-bond donors (Lipinski definition) is 0. The SMILES string of the molecule is Cc1ccccc1-c1nc2c(c[n+]1C)sc1cc(F)ccc12. The lowest BCUT2D eigenvalue weighted by Gasteiger charge is -2.02. The van der Waals surface area contributed by atoms with Gasteiger partial charge in [0.25, 0.3) is 0 Å². The standard InChI is InChI=1S/C18H14FN2S/c1-11-5-3-4-6-13(11)18-20-17-14-8-7-12(19)9-15(14)22-16(17)10-21(18)2/h3-10H,1-2H3/q+1. The molecule has 0 aliphatic rings. The summed E-state index contributed by atoms with van der Waals surface area (Å²) < 4.78 is 17.5. The summed E-state index contributed by atoms with van der Waals surface area (Å²) in [5, 5.41) is 1.01. The highest BCUT2D eigenvalue weighted by Crippen LogP contribution is 2.33. The fourth-order valence-corrected chi connectivity index (χ4v) is 3.92. The van der Waals surface area contributed by atoms with E-state index >= 15 is 0 Å². The average molecular weight is 309 g/mol. The van der Waals surface area contributed by atoms with Crippen LogP contribution in [0.2, 0.25) is 0 Å². The van der Waals surface area contributed by atoms with Crippen molar-refractivity contribution < 1.29 is 8.96 Å². The van der Waals surface area contributed by atoms with Crippen molar-refractivity contribution in [3.05, 3.63) is 60.0 Å². The Balaban J connectivity index is 2.07. The Morgan fingerprint density at radius 3 is 2.73 bits per heavy atom. The molecule has 0 saturated heterocycles. The first kappa shape index (κ1) is 13.3. The highest BCUT2D eigenvalue weighted by molar-refractivity contribution is 7.25. The van der Waals surface area contributed by atoms with Crippen LogP contribution in [0.15, 0.2) is 48.7 Å². The van der Waals surface area contributed by atoms with Crippen molar-refractivity contribution >= 4 is 31.6 Å². The molecule has 4 aromatic rings. The van der Waals surface area contributed by atoms with Crippen LogP contribution < -0.4 is 4.57 Å². The summed E-state index contributed by atoms with van der Waals surface area (Å²) >= 11 is 1.57. The van der Waals surface area contributed by atoms with Crippen molar-refractivity contribution in [2.75, 3.05) is 0 Å². The molecular weight excluding hydrogens is 295 g/mol. The van der Waals surface area contributed by atoms with Gasteiger partial charge in [-0.25, -0.2) is 8.96 Å². The molecule has 108 valence electrons. The average Bonchev–Trinajstić information content (AvgIpc) is 2.83. The Morgan fingerprint density at radius 1 is 1.09 bits per heavy atom. The monoisotopic (exact) mass is 309 g/mol. The van der Waals surface area contributed by atoms with Crippen LogP contribution >= 0.6 is 11.3 Å². The van der Waals surface area contributed by atoms with Crippen LogP contribution in [0.5, 0.6) is 0 Å². The van der Waals surface area contributed by atoms with Crippen molar-refractivity contribution in [3.8, 4) is 11.4 Å². The second-order valence-electron chi connectivity index (χ2n) is 5.45. The van der Waals surface area contributed by atoms with E-state index in [1.165, 1.54) is 11.6 Å². The van der Waals surface area contributed by atoms with Gasteiger partial charge in [0.1, 0.15) is 16.7 Å². The smallest absolute Gasteiger partial charge is 0.232 e. The Morgan fingerprint density at radius 2 is 1.91 bits per heavy atom. The van der Waals surface area contributed by atoms with Crippen LogP contribution in [0.4, 0.5) is 4.39 Å². The molecule has 2 aromatic carbocycles. The van der Waals surface area contributed by atoms with Crippen LogP contribution in [-0.2, 0) is 7.05 Å². The van der Waals surface area contributed by atoms with E-state index < -0.39 is 0 Å². The summed E-state index contributed by atoms with van der Waals surface area (Å²) in [4.78, 5) is 4.87. The van der Waals surface area contributed by atoms with Gasteiger partial charge >= 0.3 is 5.82 Å². The molecule has 0 atom stereocenters. The van der Waals surface area contributed by atoms with Gasteiger partial charge in [-0.2, -0.15) is 0 Å². The van der Waals surface area contributed by atoms with E-state index in [1.807, 2.05) is 29.8 Å². The molecule has 0 spiro atoms. The number of hydrogen-bond acceptors (Lipinski definition) is 2. The largest absolute Gasteiger partial charge is 0.331 e. The summed E-state index contributed by atoms with van der Waals surface area (Å²) in [6, 6.07) is 13.1. The fraction of sp³-hybridized carbons (Fsp3) is 0.111. The first-order valence-electron chi connectivity index (χ1n) is 7.08. The maximum absolute atomic E-state index is 13.4. The number of aromatic nitrogens is 2.